The zero-order valence-corrected chi connectivity index (χ0v) is 29.6. The topological polar surface area (TPSA) is 135 Å². The Bertz CT molecular complexity index is 1740. The summed E-state index contributed by atoms with van der Waals surface area (Å²) in [6.07, 6.45) is -1.48. The second-order valence-electron chi connectivity index (χ2n) is 12.0. The molecule has 13 heteroatoms. The molecule has 2 heterocycles. The number of carbonyl (C=O) groups is 2. The van der Waals surface area contributed by atoms with E-state index in [0.29, 0.717) is 56.8 Å². The fourth-order valence-electron chi connectivity index (χ4n) is 6.30. The van der Waals surface area contributed by atoms with Crippen LogP contribution in [-0.4, -0.2) is 87.3 Å². The molecule has 0 aromatic heterocycles. The van der Waals surface area contributed by atoms with Crippen molar-refractivity contribution in [2.75, 3.05) is 42.0 Å². The van der Waals surface area contributed by atoms with E-state index < -0.39 is 30.4 Å². The van der Waals surface area contributed by atoms with E-state index >= 15 is 0 Å². The molecule has 13 nitrogen and oxygen atoms in total. The molecule has 3 aromatic carbocycles. The lowest BCUT2D eigenvalue weighted by Gasteiger charge is -2.45. The van der Waals surface area contributed by atoms with Crippen LogP contribution in [0.5, 0.6) is 34.5 Å². The van der Waals surface area contributed by atoms with Crippen LogP contribution in [0.3, 0.4) is 0 Å². The molecule has 2 aliphatic heterocycles. The summed E-state index contributed by atoms with van der Waals surface area (Å²) in [5.74, 6) is 2.26. The van der Waals surface area contributed by atoms with Crippen LogP contribution < -0.4 is 28.4 Å². The van der Waals surface area contributed by atoms with Gasteiger partial charge in [0, 0.05) is 35.8 Å². The van der Waals surface area contributed by atoms with Crippen LogP contribution >= 0.6 is 0 Å². The van der Waals surface area contributed by atoms with Gasteiger partial charge in [-0.2, -0.15) is 0 Å². The van der Waals surface area contributed by atoms with Crippen molar-refractivity contribution >= 4 is 18.1 Å². The third-order valence-corrected chi connectivity index (χ3v) is 8.50. The number of carbonyl (C=O) groups excluding carboxylic acids is 2. The Balaban J connectivity index is 1.70. The summed E-state index contributed by atoms with van der Waals surface area (Å²) in [4.78, 5) is 31.3. The fourth-order valence-corrected chi connectivity index (χ4v) is 6.30. The van der Waals surface area contributed by atoms with Crippen LogP contribution in [0, 0.1) is 13.8 Å². The number of ether oxygens (including phenoxy) is 8. The molecule has 3 aromatic rings. The maximum Gasteiger partial charge on any atom is 0.413 e. The number of methoxy groups -OCH3 is 4. The number of hydrogen-bond acceptors (Lipinski definition) is 11. The molecular weight excluding hydrogens is 648 g/mol. The first-order valence-corrected chi connectivity index (χ1v) is 16.1. The molecule has 2 aliphatic rings. The third kappa shape index (κ3) is 7.10. The van der Waals surface area contributed by atoms with Gasteiger partial charge in [-0.25, -0.2) is 4.79 Å². The normalized spacial score (nSPS) is 17.7. The predicted octanol–water partition coefficient (Wildman–Crippen LogP) is 5.20. The summed E-state index contributed by atoms with van der Waals surface area (Å²) < 4.78 is 45.1. The molecular formula is C37H44N2O11. The molecule has 0 spiro atoms. The minimum atomic E-state index is -1.64. The van der Waals surface area contributed by atoms with Crippen molar-refractivity contribution in [3.63, 3.8) is 0 Å². The number of nitrogens with zero attached hydrogens (tertiary/aromatic N) is 2. The van der Waals surface area contributed by atoms with Crippen LogP contribution in [0.15, 0.2) is 48.2 Å². The number of piperazine rings is 1. The molecule has 0 radical (unpaired) electrons. The summed E-state index contributed by atoms with van der Waals surface area (Å²) in [7, 11) is 6.05. The summed E-state index contributed by atoms with van der Waals surface area (Å²) in [6.45, 7) is 7.05. The minimum absolute atomic E-state index is 0.0245. The number of benzene rings is 3. The van der Waals surface area contributed by atoms with E-state index in [9.17, 15) is 14.7 Å². The molecule has 2 unspecified atom stereocenters. The van der Waals surface area contributed by atoms with Crippen molar-refractivity contribution < 1.29 is 52.6 Å². The second kappa shape index (κ2) is 15.6. The van der Waals surface area contributed by atoms with Crippen LogP contribution in [-0.2, 0) is 27.2 Å². The Morgan fingerprint density at radius 2 is 1.70 bits per heavy atom. The molecule has 2 atom stereocenters. The van der Waals surface area contributed by atoms with Crippen molar-refractivity contribution in [1.29, 1.82) is 0 Å². The Kier molecular flexibility index (Phi) is 11.3. The van der Waals surface area contributed by atoms with Gasteiger partial charge in [0.25, 0.3) is 5.91 Å². The van der Waals surface area contributed by atoms with Crippen molar-refractivity contribution in [3.8, 4) is 34.5 Å². The molecule has 0 bridgehead atoms. The Morgan fingerprint density at radius 1 is 0.980 bits per heavy atom. The van der Waals surface area contributed by atoms with Gasteiger partial charge in [-0.15, -0.1) is 0 Å². The molecule has 1 fully saturated rings. The lowest BCUT2D eigenvalue weighted by molar-refractivity contribution is -0.148. The number of aliphatic hydroxyl groups is 1. The van der Waals surface area contributed by atoms with Gasteiger partial charge in [-0.1, -0.05) is 30.3 Å². The largest absolute Gasteiger partial charge is 0.496 e. The summed E-state index contributed by atoms with van der Waals surface area (Å²) in [5, 5.41) is 12.2. The van der Waals surface area contributed by atoms with Crippen LogP contribution in [0.25, 0.3) is 6.08 Å². The average Bonchev–Trinajstić information content (AvgIpc) is 3.57. The Morgan fingerprint density at radius 3 is 2.34 bits per heavy atom. The van der Waals surface area contributed by atoms with Gasteiger partial charge in [-0.3, -0.25) is 9.69 Å². The van der Waals surface area contributed by atoms with Crippen molar-refractivity contribution in [3.05, 3.63) is 76.0 Å². The first-order valence-electron chi connectivity index (χ1n) is 16.1. The Labute approximate surface area is 291 Å². The summed E-state index contributed by atoms with van der Waals surface area (Å²) >= 11 is 0. The van der Waals surface area contributed by atoms with Gasteiger partial charge in [0.15, 0.2) is 36.0 Å². The van der Waals surface area contributed by atoms with E-state index in [0.717, 1.165) is 10.5 Å². The van der Waals surface area contributed by atoms with Gasteiger partial charge >= 0.3 is 6.09 Å². The predicted molar refractivity (Wildman–Crippen MR) is 183 cm³/mol. The van der Waals surface area contributed by atoms with E-state index in [-0.39, 0.29) is 32.2 Å². The zero-order valence-electron chi connectivity index (χ0n) is 29.6. The van der Waals surface area contributed by atoms with Crippen LogP contribution in [0.1, 0.15) is 41.7 Å². The summed E-state index contributed by atoms with van der Waals surface area (Å²) in [6, 6.07) is 11.6. The second-order valence-corrected chi connectivity index (χ2v) is 12.0. The standard InChI is InChI=1S/C37H44N2O11/c1-21(2)50-37(42)39-28(15-25-16-29(44-6)33(46-8)22(3)31(25)45-7)35(40)38(18-24-12-10-9-11-13-24)27(36(39)41)14-26-17-30-34(49-20-47-30)23(4)32(26)48-19-43-5/h9-14,16-17,21,28,36,41H,15,18-20H2,1-8H3/b27-14-. The highest BCUT2D eigenvalue weighted by molar-refractivity contribution is 5.91. The maximum absolute atomic E-state index is 14.9. The number of hydrogen-bond donors (Lipinski definition) is 1. The molecule has 5 rings (SSSR count). The first-order chi connectivity index (χ1) is 24.0. The SMILES string of the molecule is COCOc1c(/C=C2/C(O)N(C(=O)OC(C)C)C(Cc3cc(OC)c(OC)c(C)c3OC)C(=O)N2Cc2ccccc2)cc2c(c1C)OCO2. The smallest absolute Gasteiger partial charge is 0.413 e. The average molecular weight is 693 g/mol. The number of amides is 2. The minimum Gasteiger partial charge on any atom is -0.496 e. The molecule has 268 valence electrons. The van der Waals surface area contributed by atoms with Gasteiger partial charge in [0.1, 0.15) is 17.5 Å². The highest BCUT2D eigenvalue weighted by Gasteiger charge is 2.47. The van der Waals surface area contributed by atoms with Gasteiger partial charge in [0.05, 0.1) is 39.7 Å². The molecule has 50 heavy (non-hydrogen) atoms. The lowest BCUT2D eigenvalue weighted by atomic mass is 9.95. The third-order valence-electron chi connectivity index (χ3n) is 8.50. The molecule has 1 N–H and O–H groups in total. The molecule has 0 aliphatic carbocycles. The van der Waals surface area contributed by atoms with Crippen molar-refractivity contribution in [1.82, 2.24) is 9.80 Å². The molecule has 2 amide bonds. The van der Waals surface area contributed by atoms with Gasteiger partial charge < -0.3 is 47.9 Å². The number of fused-ring (bicyclic) bond motifs is 1. The van der Waals surface area contributed by atoms with E-state index in [1.54, 1.807) is 32.1 Å². The lowest BCUT2D eigenvalue weighted by Crippen LogP contribution is -2.63. The molecule has 1 saturated heterocycles. The van der Waals surface area contributed by atoms with Crippen LogP contribution in [0.4, 0.5) is 4.79 Å². The van der Waals surface area contributed by atoms with Crippen LogP contribution in [0.2, 0.25) is 0 Å². The van der Waals surface area contributed by atoms with E-state index in [4.69, 9.17) is 37.9 Å². The zero-order chi connectivity index (χ0) is 36.1. The van der Waals surface area contributed by atoms with E-state index in [1.807, 2.05) is 44.2 Å². The highest BCUT2D eigenvalue weighted by atomic mass is 16.7. The Hall–Kier alpha value is -5.14. The van der Waals surface area contributed by atoms with Gasteiger partial charge in [-0.05, 0) is 51.5 Å². The fraction of sp³-hybridized carbons (Fsp3) is 0.405. The molecule has 0 saturated carbocycles. The number of aliphatic hydroxyl groups excluding tert-OH is 1. The quantitative estimate of drug-likeness (QED) is 0.251. The number of rotatable bonds is 12. The highest BCUT2D eigenvalue weighted by Crippen LogP contribution is 2.45. The summed E-state index contributed by atoms with van der Waals surface area (Å²) in [5.41, 5.74) is 3.23. The van der Waals surface area contributed by atoms with E-state index in [2.05, 4.69) is 0 Å². The monoisotopic (exact) mass is 692 g/mol. The maximum atomic E-state index is 14.9. The van der Waals surface area contributed by atoms with E-state index in [1.165, 1.54) is 33.3 Å². The van der Waals surface area contributed by atoms with Crippen molar-refractivity contribution in [2.45, 2.75) is 59.0 Å². The van der Waals surface area contributed by atoms with Crippen molar-refractivity contribution in [2.24, 2.45) is 0 Å². The first kappa shape index (κ1) is 36.1. The van der Waals surface area contributed by atoms with Gasteiger partial charge in [0.2, 0.25) is 6.79 Å².